The summed E-state index contributed by atoms with van der Waals surface area (Å²) < 4.78 is 19.6. The van der Waals surface area contributed by atoms with Gasteiger partial charge in [0, 0.05) is 43.9 Å². The molecule has 6 heteroatoms. The normalized spacial score (nSPS) is 15.2. The first-order valence-electron chi connectivity index (χ1n) is 8.34. The number of nitrogens with zero attached hydrogens (tertiary/aromatic N) is 1. The highest BCUT2D eigenvalue weighted by Gasteiger charge is 2.25. The highest BCUT2D eigenvalue weighted by atomic mass is 35.5. The van der Waals surface area contributed by atoms with Crippen molar-refractivity contribution in [2.45, 2.75) is 25.8 Å². The van der Waals surface area contributed by atoms with Gasteiger partial charge in [-0.15, -0.1) is 0 Å². The molecule has 1 aliphatic heterocycles. The van der Waals surface area contributed by atoms with Crippen LogP contribution in [0.3, 0.4) is 0 Å². The van der Waals surface area contributed by atoms with Gasteiger partial charge in [0.1, 0.15) is 11.6 Å². The summed E-state index contributed by atoms with van der Waals surface area (Å²) in [6.07, 6.45) is 1.74. The molecule has 1 saturated heterocycles. The number of nitrogens with two attached hydrogens (primary N) is 1. The zero-order valence-electron chi connectivity index (χ0n) is 14.0. The quantitative estimate of drug-likeness (QED) is 0.845. The summed E-state index contributed by atoms with van der Waals surface area (Å²) in [6, 6.07) is 11.9. The fourth-order valence-corrected chi connectivity index (χ4v) is 3.13. The first-order chi connectivity index (χ1) is 12.0. The van der Waals surface area contributed by atoms with Gasteiger partial charge >= 0.3 is 0 Å². The maximum absolute atomic E-state index is 13.7. The van der Waals surface area contributed by atoms with Crippen molar-refractivity contribution in [3.63, 3.8) is 0 Å². The Bertz CT molecular complexity index is 744. The van der Waals surface area contributed by atoms with Gasteiger partial charge in [-0.25, -0.2) is 4.39 Å². The molecule has 1 amide bonds. The number of halogens is 2. The lowest BCUT2D eigenvalue weighted by molar-refractivity contribution is -0.614. The summed E-state index contributed by atoms with van der Waals surface area (Å²) in [5.74, 6) is 1.07. The van der Waals surface area contributed by atoms with E-state index in [1.54, 1.807) is 37.3 Å². The smallest absolute Gasteiger partial charge is 0.219 e. The summed E-state index contributed by atoms with van der Waals surface area (Å²) in [7, 11) is 0. The predicted octanol–water partition coefficient (Wildman–Crippen LogP) is 3.48. The number of hydrogen-bond donors (Lipinski definition) is 1. The Morgan fingerprint density at radius 2 is 1.88 bits per heavy atom. The van der Waals surface area contributed by atoms with E-state index in [0.717, 1.165) is 31.6 Å². The van der Waals surface area contributed by atoms with Gasteiger partial charge in [-0.2, -0.15) is 0 Å². The Balaban J connectivity index is 1.71. The van der Waals surface area contributed by atoms with Crippen LogP contribution < -0.4 is 10.1 Å². The third kappa shape index (κ3) is 4.71. The molecule has 132 valence electrons. The van der Waals surface area contributed by atoms with Crippen LogP contribution in [0.2, 0.25) is 5.02 Å². The standard InChI is InChI=1S/C19H20ClFN2O2/c1-13(24)23-10-8-16(9-11-23)22-18-12-15(21)4-7-19(18)25-17-5-2-14(20)3-6-17/h2-7,12,16,22H,8-11H2,1H3/p+1. The van der Waals surface area contributed by atoms with Crippen LogP contribution in [0.4, 0.5) is 10.1 Å². The number of likely N-dealkylation sites (tertiary alicyclic amines) is 1. The van der Waals surface area contributed by atoms with E-state index in [9.17, 15) is 9.18 Å². The minimum atomic E-state index is -0.295. The second-order valence-corrected chi connectivity index (χ2v) is 6.68. The number of carbonyl (C=O) groups is 1. The molecule has 25 heavy (non-hydrogen) atoms. The number of amides is 1. The number of ether oxygens (including phenoxy) is 1. The molecular formula is C19H21ClFN2O2+. The lowest BCUT2D eigenvalue weighted by Gasteiger charge is -2.30. The van der Waals surface area contributed by atoms with Crippen LogP contribution in [-0.2, 0) is 4.79 Å². The van der Waals surface area contributed by atoms with Gasteiger partial charge in [-0.05, 0) is 36.4 Å². The first-order valence-corrected chi connectivity index (χ1v) is 8.72. The van der Waals surface area contributed by atoms with Crippen molar-refractivity contribution in [3.05, 3.63) is 53.3 Å². The molecule has 0 saturated carbocycles. The lowest BCUT2D eigenvalue weighted by atomic mass is 10.0. The maximum Gasteiger partial charge on any atom is 0.219 e. The van der Waals surface area contributed by atoms with Crippen molar-refractivity contribution in [2.75, 3.05) is 13.1 Å². The Hall–Kier alpha value is -2.11. The first kappa shape index (κ1) is 17.7. The second-order valence-electron chi connectivity index (χ2n) is 6.25. The van der Waals surface area contributed by atoms with Crippen LogP contribution >= 0.6 is 11.6 Å². The van der Waals surface area contributed by atoms with E-state index in [1.807, 2.05) is 10.2 Å². The van der Waals surface area contributed by atoms with Crippen molar-refractivity contribution in [1.82, 2.24) is 4.90 Å². The average Bonchev–Trinajstić information content (AvgIpc) is 2.59. The van der Waals surface area contributed by atoms with Crippen LogP contribution in [0.15, 0.2) is 42.5 Å². The molecule has 0 radical (unpaired) electrons. The lowest BCUT2D eigenvalue weighted by Crippen LogP contribution is -2.85. The van der Waals surface area contributed by atoms with Gasteiger partial charge in [0.25, 0.3) is 0 Å². The highest BCUT2D eigenvalue weighted by Crippen LogP contribution is 2.28. The minimum absolute atomic E-state index is 0.107. The van der Waals surface area contributed by atoms with E-state index in [4.69, 9.17) is 16.3 Å². The number of piperidine rings is 1. The van der Waals surface area contributed by atoms with Crippen LogP contribution in [0.25, 0.3) is 0 Å². The van der Waals surface area contributed by atoms with Crippen LogP contribution in [0, 0.1) is 5.82 Å². The summed E-state index contributed by atoms with van der Waals surface area (Å²) in [4.78, 5) is 13.3. The number of carbonyl (C=O) groups excluding carboxylic acids is 1. The fraction of sp³-hybridized carbons (Fsp3) is 0.316. The highest BCUT2D eigenvalue weighted by molar-refractivity contribution is 6.30. The zero-order chi connectivity index (χ0) is 17.8. The summed E-state index contributed by atoms with van der Waals surface area (Å²) >= 11 is 5.89. The molecule has 2 aromatic rings. The van der Waals surface area contributed by atoms with Gasteiger partial charge < -0.3 is 15.0 Å². The van der Waals surface area contributed by atoms with Gasteiger partial charge in [0.05, 0.1) is 6.04 Å². The summed E-state index contributed by atoms with van der Waals surface area (Å²) in [5.41, 5.74) is 0.733. The Labute approximate surface area is 151 Å². The number of rotatable bonds is 4. The molecular weight excluding hydrogens is 343 g/mol. The monoisotopic (exact) mass is 363 g/mol. The largest absolute Gasteiger partial charge is 0.451 e. The number of benzene rings is 2. The van der Waals surface area contributed by atoms with Gasteiger partial charge in [-0.1, -0.05) is 11.6 Å². The minimum Gasteiger partial charge on any atom is -0.451 e. The molecule has 1 aliphatic rings. The molecule has 0 spiro atoms. The predicted molar refractivity (Wildman–Crippen MR) is 94.8 cm³/mol. The van der Waals surface area contributed by atoms with E-state index in [0.29, 0.717) is 22.6 Å². The van der Waals surface area contributed by atoms with E-state index >= 15 is 0 Å². The van der Waals surface area contributed by atoms with Crippen molar-refractivity contribution in [1.29, 1.82) is 0 Å². The molecule has 1 fully saturated rings. The van der Waals surface area contributed by atoms with E-state index in [1.165, 1.54) is 12.1 Å². The molecule has 0 aliphatic carbocycles. The maximum atomic E-state index is 13.7. The average molecular weight is 364 g/mol. The fourth-order valence-electron chi connectivity index (χ4n) is 3.01. The molecule has 2 aromatic carbocycles. The van der Waals surface area contributed by atoms with E-state index in [-0.39, 0.29) is 11.7 Å². The SMILES string of the molecule is CC(=O)N1CCC([NH2+]c2cc(F)ccc2Oc2ccc(Cl)cc2)CC1. The third-order valence-corrected chi connectivity index (χ3v) is 4.67. The molecule has 0 aromatic heterocycles. The van der Waals surface area contributed by atoms with E-state index < -0.39 is 0 Å². The van der Waals surface area contributed by atoms with Crippen LogP contribution in [0.1, 0.15) is 19.8 Å². The summed E-state index contributed by atoms with van der Waals surface area (Å²) in [6.45, 7) is 3.06. The number of quaternary nitrogens is 1. The second kappa shape index (κ2) is 7.85. The Morgan fingerprint density at radius 3 is 2.52 bits per heavy atom. The Morgan fingerprint density at radius 1 is 1.20 bits per heavy atom. The number of hydrogen-bond acceptors (Lipinski definition) is 2. The zero-order valence-corrected chi connectivity index (χ0v) is 14.8. The van der Waals surface area contributed by atoms with Gasteiger partial charge in [0.2, 0.25) is 5.91 Å². The molecule has 2 N–H and O–H groups in total. The van der Waals surface area contributed by atoms with Crippen molar-refractivity contribution >= 4 is 23.2 Å². The van der Waals surface area contributed by atoms with E-state index in [2.05, 4.69) is 0 Å². The molecule has 0 atom stereocenters. The van der Waals surface area contributed by atoms with Crippen LogP contribution in [0.5, 0.6) is 11.5 Å². The summed E-state index contributed by atoms with van der Waals surface area (Å²) in [5, 5.41) is 2.68. The Kier molecular flexibility index (Phi) is 5.56. The van der Waals surface area contributed by atoms with Gasteiger partial charge in [0.15, 0.2) is 11.4 Å². The molecule has 0 bridgehead atoms. The molecule has 3 rings (SSSR count). The molecule has 0 unspecified atom stereocenters. The van der Waals surface area contributed by atoms with Crippen molar-refractivity contribution in [2.24, 2.45) is 0 Å². The molecule has 4 nitrogen and oxygen atoms in total. The third-order valence-electron chi connectivity index (χ3n) is 4.41. The topological polar surface area (TPSA) is 46.2 Å². The van der Waals surface area contributed by atoms with Crippen LogP contribution in [-0.4, -0.2) is 29.9 Å². The van der Waals surface area contributed by atoms with Crippen molar-refractivity contribution in [3.8, 4) is 11.5 Å². The molecule has 1 heterocycles. The van der Waals surface area contributed by atoms with Gasteiger partial charge in [-0.3, -0.25) is 4.79 Å². The van der Waals surface area contributed by atoms with Crippen molar-refractivity contribution < 1.29 is 19.2 Å².